The number of rotatable bonds is 5. The minimum atomic E-state index is -0.283. The number of carbonyl (C=O) groups excluding carboxylic acids is 2. The molecule has 2 heterocycles. The maximum atomic E-state index is 12.6. The maximum Gasteiger partial charge on any atom is 0.241 e. The number of piperazine rings is 1. The van der Waals surface area contributed by atoms with Gasteiger partial charge in [0.15, 0.2) is 5.78 Å². The Morgan fingerprint density at radius 1 is 1.04 bits per heavy atom. The molecule has 1 aliphatic heterocycles. The molecule has 1 N–H and O–H groups in total. The van der Waals surface area contributed by atoms with Crippen molar-refractivity contribution >= 4 is 23.3 Å². The summed E-state index contributed by atoms with van der Waals surface area (Å²) < 4.78 is 0. The second kappa shape index (κ2) is 8.05. The van der Waals surface area contributed by atoms with Gasteiger partial charge in [-0.1, -0.05) is 12.1 Å². The molecule has 136 valence electrons. The van der Waals surface area contributed by atoms with Gasteiger partial charge < -0.3 is 10.2 Å². The van der Waals surface area contributed by atoms with Crippen LogP contribution >= 0.6 is 0 Å². The Hall–Kier alpha value is -2.80. The number of nitrogens with zero attached hydrogens (tertiary/aromatic N) is 4. The SMILES string of the molecule is CC(=O)c1ccccc1NC(=O)[C@@H](C)N1CCN(c2ncccn2)CC1. The first kappa shape index (κ1) is 18.0. The minimum Gasteiger partial charge on any atom is -0.338 e. The third-order valence-electron chi connectivity index (χ3n) is 4.64. The molecule has 1 aromatic heterocycles. The quantitative estimate of drug-likeness (QED) is 0.826. The zero-order chi connectivity index (χ0) is 18.5. The molecule has 0 saturated carbocycles. The van der Waals surface area contributed by atoms with Gasteiger partial charge in [-0.05, 0) is 32.0 Å². The van der Waals surface area contributed by atoms with Crippen molar-refractivity contribution in [3.63, 3.8) is 0 Å². The van der Waals surface area contributed by atoms with E-state index in [4.69, 9.17) is 0 Å². The van der Waals surface area contributed by atoms with Crippen LogP contribution in [0.25, 0.3) is 0 Å². The molecule has 0 radical (unpaired) electrons. The number of carbonyl (C=O) groups is 2. The van der Waals surface area contributed by atoms with Gasteiger partial charge in [0.25, 0.3) is 0 Å². The normalized spacial score (nSPS) is 16.2. The highest BCUT2D eigenvalue weighted by Crippen LogP contribution is 2.17. The van der Waals surface area contributed by atoms with E-state index in [9.17, 15) is 9.59 Å². The van der Waals surface area contributed by atoms with E-state index in [0.29, 0.717) is 11.3 Å². The van der Waals surface area contributed by atoms with Crippen molar-refractivity contribution in [3.8, 4) is 0 Å². The van der Waals surface area contributed by atoms with E-state index in [1.807, 2.05) is 13.0 Å². The number of nitrogens with one attached hydrogen (secondary N) is 1. The Labute approximate surface area is 153 Å². The summed E-state index contributed by atoms with van der Waals surface area (Å²) in [6.07, 6.45) is 3.47. The van der Waals surface area contributed by atoms with Gasteiger partial charge in [0, 0.05) is 44.1 Å². The average Bonchev–Trinajstić information content (AvgIpc) is 2.68. The van der Waals surface area contributed by atoms with E-state index in [-0.39, 0.29) is 17.7 Å². The molecule has 1 amide bonds. The van der Waals surface area contributed by atoms with E-state index >= 15 is 0 Å². The summed E-state index contributed by atoms with van der Waals surface area (Å²) in [5.41, 5.74) is 1.09. The van der Waals surface area contributed by atoms with Gasteiger partial charge in [-0.25, -0.2) is 9.97 Å². The molecular formula is C19H23N5O2. The molecule has 1 aromatic carbocycles. The maximum absolute atomic E-state index is 12.6. The third-order valence-corrected chi connectivity index (χ3v) is 4.64. The molecular weight excluding hydrogens is 330 g/mol. The molecule has 7 nitrogen and oxygen atoms in total. The monoisotopic (exact) mass is 353 g/mol. The molecule has 1 saturated heterocycles. The third kappa shape index (κ3) is 4.05. The molecule has 0 bridgehead atoms. The van der Waals surface area contributed by atoms with E-state index in [1.165, 1.54) is 6.92 Å². The first-order valence-electron chi connectivity index (χ1n) is 8.73. The van der Waals surface area contributed by atoms with Gasteiger partial charge in [0.2, 0.25) is 11.9 Å². The van der Waals surface area contributed by atoms with Crippen LogP contribution in [0.4, 0.5) is 11.6 Å². The number of benzene rings is 1. The number of Topliss-reactive ketones (excluding diaryl/α,β-unsaturated/α-hetero) is 1. The Balaban J connectivity index is 1.59. The van der Waals surface area contributed by atoms with Crippen molar-refractivity contribution in [2.75, 3.05) is 36.4 Å². The Bertz CT molecular complexity index is 773. The van der Waals surface area contributed by atoms with Gasteiger partial charge >= 0.3 is 0 Å². The van der Waals surface area contributed by atoms with E-state index in [2.05, 4.69) is 25.1 Å². The second-order valence-electron chi connectivity index (χ2n) is 6.34. The van der Waals surface area contributed by atoms with Crippen LogP contribution in [0.2, 0.25) is 0 Å². The highest BCUT2D eigenvalue weighted by Gasteiger charge is 2.26. The Kier molecular flexibility index (Phi) is 5.58. The lowest BCUT2D eigenvalue weighted by Crippen LogP contribution is -2.53. The number of para-hydroxylation sites is 1. The van der Waals surface area contributed by atoms with Crippen LogP contribution in [-0.2, 0) is 4.79 Å². The van der Waals surface area contributed by atoms with Crippen molar-refractivity contribution in [2.45, 2.75) is 19.9 Å². The fraction of sp³-hybridized carbons (Fsp3) is 0.368. The van der Waals surface area contributed by atoms with Crippen LogP contribution in [0.5, 0.6) is 0 Å². The summed E-state index contributed by atoms with van der Waals surface area (Å²) in [5.74, 6) is 0.549. The highest BCUT2D eigenvalue weighted by molar-refractivity contribution is 6.04. The summed E-state index contributed by atoms with van der Waals surface area (Å²) in [6.45, 7) is 6.43. The van der Waals surface area contributed by atoms with Crippen molar-refractivity contribution in [1.29, 1.82) is 0 Å². The lowest BCUT2D eigenvalue weighted by molar-refractivity contribution is -0.120. The van der Waals surface area contributed by atoms with Gasteiger partial charge in [0.1, 0.15) is 0 Å². The molecule has 26 heavy (non-hydrogen) atoms. The smallest absolute Gasteiger partial charge is 0.241 e. The molecule has 1 aliphatic rings. The number of aromatic nitrogens is 2. The zero-order valence-electron chi connectivity index (χ0n) is 15.1. The molecule has 1 atom stereocenters. The van der Waals surface area contributed by atoms with E-state index < -0.39 is 0 Å². The molecule has 3 rings (SSSR count). The van der Waals surface area contributed by atoms with Crippen LogP contribution in [-0.4, -0.2) is 58.8 Å². The summed E-state index contributed by atoms with van der Waals surface area (Å²) in [4.78, 5) is 37.1. The standard InChI is InChI=1S/C19H23N5O2/c1-14(18(26)22-17-7-4-3-6-16(17)15(2)25)23-10-12-24(13-11-23)19-20-8-5-9-21-19/h3-9,14H,10-13H2,1-2H3,(H,22,26)/t14-/m1/s1. The van der Waals surface area contributed by atoms with Crippen LogP contribution in [0.1, 0.15) is 24.2 Å². The largest absolute Gasteiger partial charge is 0.338 e. The van der Waals surface area contributed by atoms with Gasteiger partial charge in [0.05, 0.1) is 11.7 Å². The molecule has 0 unspecified atom stereocenters. The van der Waals surface area contributed by atoms with Crippen molar-refractivity contribution in [2.24, 2.45) is 0 Å². The van der Waals surface area contributed by atoms with Crippen molar-refractivity contribution in [1.82, 2.24) is 14.9 Å². The first-order chi connectivity index (χ1) is 12.6. The lowest BCUT2D eigenvalue weighted by Gasteiger charge is -2.37. The summed E-state index contributed by atoms with van der Waals surface area (Å²) in [6, 6.07) is 8.60. The van der Waals surface area contributed by atoms with Gasteiger partial charge in [-0.2, -0.15) is 0 Å². The van der Waals surface area contributed by atoms with E-state index in [1.54, 1.807) is 36.7 Å². The topological polar surface area (TPSA) is 78.4 Å². The van der Waals surface area contributed by atoms with Crippen molar-refractivity contribution in [3.05, 3.63) is 48.3 Å². The predicted molar refractivity (Wildman–Crippen MR) is 100 cm³/mol. The Morgan fingerprint density at radius 2 is 1.69 bits per heavy atom. The van der Waals surface area contributed by atoms with Crippen LogP contribution in [0.15, 0.2) is 42.7 Å². The van der Waals surface area contributed by atoms with Crippen molar-refractivity contribution < 1.29 is 9.59 Å². The molecule has 7 heteroatoms. The highest BCUT2D eigenvalue weighted by atomic mass is 16.2. The summed E-state index contributed by atoms with van der Waals surface area (Å²) >= 11 is 0. The lowest BCUT2D eigenvalue weighted by atomic mass is 10.1. The average molecular weight is 353 g/mol. The van der Waals surface area contributed by atoms with Crippen LogP contribution in [0.3, 0.4) is 0 Å². The molecule has 0 spiro atoms. The van der Waals surface area contributed by atoms with E-state index in [0.717, 1.165) is 32.1 Å². The van der Waals surface area contributed by atoms with Gasteiger partial charge in [-0.3, -0.25) is 14.5 Å². The number of ketones is 1. The fourth-order valence-corrected chi connectivity index (χ4v) is 3.07. The van der Waals surface area contributed by atoms with Gasteiger partial charge in [-0.15, -0.1) is 0 Å². The molecule has 0 aliphatic carbocycles. The summed E-state index contributed by atoms with van der Waals surface area (Å²) in [7, 11) is 0. The fourth-order valence-electron chi connectivity index (χ4n) is 3.07. The number of anilines is 2. The molecule has 1 fully saturated rings. The molecule has 2 aromatic rings. The number of amides is 1. The van der Waals surface area contributed by atoms with Crippen LogP contribution < -0.4 is 10.2 Å². The number of hydrogen-bond acceptors (Lipinski definition) is 6. The first-order valence-corrected chi connectivity index (χ1v) is 8.73. The van der Waals surface area contributed by atoms with Crippen LogP contribution in [0, 0.1) is 0 Å². The summed E-state index contributed by atoms with van der Waals surface area (Å²) in [5, 5.41) is 2.89. The predicted octanol–water partition coefficient (Wildman–Crippen LogP) is 1.83. The number of hydrogen-bond donors (Lipinski definition) is 1. The minimum absolute atomic E-state index is 0.0648. The second-order valence-corrected chi connectivity index (χ2v) is 6.34. The zero-order valence-corrected chi connectivity index (χ0v) is 15.1. The Morgan fingerprint density at radius 3 is 2.35 bits per heavy atom.